The zero-order valence-electron chi connectivity index (χ0n) is 8.70. The van der Waals surface area contributed by atoms with E-state index < -0.39 is 17.7 Å². The molecule has 1 atom stereocenters. The smallest absolute Gasteiger partial charge is 0.124 e. The Hall–Kier alpha value is -1.26. The third kappa shape index (κ3) is 2.70. The van der Waals surface area contributed by atoms with Gasteiger partial charge in [-0.3, -0.25) is 0 Å². The quantitative estimate of drug-likeness (QED) is 0.894. The van der Waals surface area contributed by atoms with Gasteiger partial charge in [0.05, 0.1) is 0 Å². The highest BCUT2D eigenvalue weighted by molar-refractivity contribution is 9.10. The molecule has 0 bridgehead atoms. The minimum absolute atomic E-state index is 0.396. The molecule has 17 heavy (non-hydrogen) atoms. The van der Waals surface area contributed by atoms with Gasteiger partial charge in [-0.15, -0.1) is 0 Å². The van der Waals surface area contributed by atoms with Crippen molar-refractivity contribution in [2.75, 3.05) is 0 Å². The van der Waals surface area contributed by atoms with Gasteiger partial charge in [0.1, 0.15) is 17.7 Å². The van der Waals surface area contributed by atoms with E-state index in [4.69, 9.17) is 0 Å². The number of halogens is 3. The Morgan fingerprint density at radius 1 is 1.00 bits per heavy atom. The summed E-state index contributed by atoms with van der Waals surface area (Å²) < 4.78 is 26.4. The minimum Gasteiger partial charge on any atom is -0.384 e. The van der Waals surface area contributed by atoms with Crippen LogP contribution in [0.1, 0.15) is 17.2 Å². The third-order valence-electron chi connectivity index (χ3n) is 2.42. The first kappa shape index (κ1) is 12.2. The van der Waals surface area contributed by atoms with Crippen molar-refractivity contribution in [3.63, 3.8) is 0 Å². The summed E-state index contributed by atoms with van der Waals surface area (Å²) in [6.45, 7) is 0. The largest absolute Gasteiger partial charge is 0.384 e. The Labute approximate surface area is 106 Å². The van der Waals surface area contributed by atoms with Gasteiger partial charge in [0.15, 0.2) is 0 Å². The molecule has 0 fully saturated rings. The van der Waals surface area contributed by atoms with Crippen molar-refractivity contribution in [3.05, 3.63) is 69.7 Å². The Morgan fingerprint density at radius 2 is 1.71 bits per heavy atom. The van der Waals surface area contributed by atoms with Crippen LogP contribution in [0.15, 0.2) is 46.9 Å². The van der Waals surface area contributed by atoms with Crippen molar-refractivity contribution in [2.24, 2.45) is 0 Å². The average Bonchev–Trinajstić information content (AvgIpc) is 2.28. The molecule has 0 heterocycles. The molecule has 0 aliphatic heterocycles. The molecule has 1 N–H and O–H groups in total. The van der Waals surface area contributed by atoms with Gasteiger partial charge in [-0.1, -0.05) is 34.1 Å². The summed E-state index contributed by atoms with van der Waals surface area (Å²) in [5.74, 6) is -0.813. The highest BCUT2D eigenvalue weighted by Crippen LogP contribution is 2.29. The first-order chi connectivity index (χ1) is 8.08. The Kier molecular flexibility index (Phi) is 3.54. The van der Waals surface area contributed by atoms with E-state index in [1.807, 2.05) is 0 Å². The summed E-state index contributed by atoms with van der Waals surface area (Å²) in [4.78, 5) is 0. The van der Waals surface area contributed by atoms with Gasteiger partial charge in [0.2, 0.25) is 0 Å². The average molecular weight is 299 g/mol. The Balaban J connectivity index is 2.40. The Bertz CT molecular complexity index is 543. The second kappa shape index (κ2) is 4.94. The molecule has 88 valence electrons. The number of aliphatic hydroxyl groups excluding tert-OH is 1. The van der Waals surface area contributed by atoms with Crippen molar-refractivity contribution >= 4 is 15.9 Å². The molecule has 2 rings (SSSR count). The monoisotopic (exact) mass is 298 g/mol. The molecule has 0 saturated carbocycles. The molecule has 0 spiro atoms. The zero-order chi connectivity index (χ0) is 12.4. The van der Waals surface area contributed by atoms with Crippen LogP contribution in [0, 0.1) is 11.6 Å². The van der Waals surface area contributed by atoms with Crippen LogP contribution in [-0.4, -0.2) is 5.11 Å². The number of rotatable bonds is 2. The maximum absolute atomic E-state index is 13.0. The van der Waals surface area contributed by atoms with E-state index in [0.717, 1.165) is 0 Å². The fourth-order valence-electron chi connectivity index (χ4n) is 1.58. The summed E-state index contributed by atoms with van der Waals surface area (Å²) in [6.07, 6.45) is -0.985. The van der Waals surface area contributed by atoms with Crippen LogP contribution in [0.4, 0.5) is 8.78 Å². The number of aliphatic hydroxyl groups is 1. The molecule has 0 saturated heterocycles. The molecule has 1 unspecified atom stereocenters. The van der Waals surface area contributed by atoms with Crippen LogP contribution in [-0.2, 0) is 0 Å². The highest BCUT2D eigenvalue weighted by atomic mass is 79.9. The lowest BCUT2D eigenvalue weighted by Gasteiger charge is -2.13. The van der Waals surface area contributed by atoms with Gasteiger partial charge in [-0.2, -0.15) is 0 Å². The van der Waals surface area contributed by atoms with Crippen molar-refractivity contribution in [1.29, 1.82) is 0 Å². The van der Waals surface area contributed by atoms with E-state index in [-0.39, 0.29) is 0 Å². The SMILES string of the molecule is OC(c1cccc(F)c1)c1ccc(F)cc1Br. The van der Waals surface area contributed by atoms with E-state index in [0.29, 0.717) is 15.6 Å². The van der Waals surface area contributed by atoms with Crippen LogP contribution in [0.5, 0.6) is 0 Å². The second-order valence-corrected chi connectivity index (χ2v) is 4.48. The van der Waals surface area contributed by atoms with Crippen molar-refractivity contribution in [2.45, 2.75) is 6.10 Å². The van der Waals surface area contributed by atoms with E-state index in [1.54, 1.807) is 6.07 Å². The van der Waals surface area contributed by atoms with Gasteiger partial charge in [0, 0.05) is 4.47 Å². The molecule has 0 radical (unpaired) electrons. The maximum atomic E-state index is 13.0. The van der Waals surface area contributed by atoms with Gasteiger partial charge < -0.3 is 5.11 Å². The number of benzene rings is 2. The van der Waals surface area contributed by atoms with Crippen LogP contribution in [0.3, 0.4) is 0 Å². The number of hydrogen-bond donors (Lipinski definition) is 1. The van der Waals surface area contributed by atoms with Crippen LogP contribution >= 0.6 is 15.9 Å². The van der Waals surface area contributed by atoms with Crippen LogP contribution in [0.2, 0.25) is 0 Å². The first-order valence-corrected chi connectivity index (χ1v) is 5.75. The van der Waals surface area contributed by atoms with Gasteiger partial charge in [-0.05, 0) is 35.4 Å². The van der Waals surface area contributed by atoms with E-state index in [1.165, 1.54) is 36.4 Å². The predicted octanol–water partition coefficient (Wildman–Crippen LogP) is 3.81. The summed E-state index contributed by atoms with van der Waals surface area (Å²) in [7, 11) is 0. The minimum atomic E-state index is -0.985. The van der Waals surface area contributed by atoms with Crippen molar-refractivity contribution < 1.29 is 13.9 Å². The van der Waals surface area contributed by atoms with Crippen LogP contribution < -0.4 is 0 Å². The summed E-state index contributed by atoms with van der Waals surface area (Å²) >= 11 is 3.17. The van der Waals surface area contributed by atoms with Crippen molar-refractivity contribution in [1.82, 2.24) is 0 Å². The molecule has 0 amide bonds. The number of hydrogen-bond acceptors (Lipinski definition) is 1. The summed E-state index contributed by atoms with van der Waals surface area (Å²) in [6, 6.07) is 9.67. The second-order valence-electron chi connectivity index (χ2n) is 3.62. The van der Waals surface area contributed by atoms with Gasteiger partial charge >= 0.3 is 0 Å². The third-order valence-corrected chi connectivity index (χ3v) is 3.11. The Morgan fingerprint density at radius 3 is 2.35 bits per heavy atom. The molecule has 1 nitrogen and oxygen atoms in total. The zero-order valence-corrected chi connectivity index (χ0v) is 10.3. The lowest BCUT2D eigenvalue weighted by molar-refractivity contribution is 0.219. The molecule has 0 aliphatic carbocycles. The summed E-state index contributed by atoms with van der Waals surface area (Å²) in [5, 5.41) is 10.1. The fourth-order valence-corrected chi connectivity index (χ4v) is 2.15. The van der Waals surface area contributed by atoms with E-state index in [2.05, 4.69) is 15.9 Å². The van der Waals surface area contributed by atoms with Gasteiger partial charge in [0.25, 0.3) is 0 Å². The van der Waals surface area contributed by atoms with E-state index >= 15 is 0 Å². The normalized spacial score (nSPS) is 12.5. The fraction of sp³-hybridized carbons (Fsp3) is 0.0769. The van der Waals surface area contributed by atoms with E-state index in [9.17, 15) is 13.9 Å². The molecule has 2 aromatic carbocycles. The topological polar surface area (TPSA) is 20.2 Å². The molecule has 4 heteroatoms. The molecule has 2 aromatic rings. The van der Waals surface area contributed by atoms with Crippen molar-refractivity contribution in [3.8, 4) is 0 Å². The van der Waals surface area contributed by atoms with Gasteiger partial charge in [-0.25, -0.2) is 8.78 Å². The first-order valence-electron chi connectivity index (χ1n) is 4.96. The lowest BCUT2D eigenvalue weighted by atomic mass is 10.0. The summed E-state index contributed by atoms with van der Waals surface area (Å²) in [5.41, 5.74) is 0.925. The molecular weight excluding hydrogens is 290 g/mol. The lowest BCUT2D eigenvalue weighted by Crippen LogP contribution is -2.01. The maximum Gasteiger partial charge on any atom is 0.124 e. The standard InChI is InChI=1S/C13H9BrF2O/c14-12-7-10(16)4-5-11(12)13(17)8-2-1-3-9(15)6-8/h1-7,13,17H. The molecular formula is C13H9BrF2O. The molecule has 0 aromatic heterocycles. The highest BCUT2D eigenvalue weighted by Gasteiger charge is 2.14. The van der Waals surface area contributed by atoms with Crippen LogP contribution in [0.25, 0.3) is 0 Å². The molecule has 0 aliphatic rings. The predicted molar refractivity (Wildman–Crippen MR) is 64.6 cm³/mol.